The van der Waals surface area contributed by atoms with Crippen molar-refractivity contribution in [1.29, 1.82) is 0 Å². The van der Waals surface area contributed by atoms with Crippen molar-refractivity contribution in [2.45, 2.75) is 0 Å². The molecule has 0 fully saturated rings. The van der Waals surface area contributed by atoms with Gasteiger partial charge >= 0.3 is 17.5 Å². The van der Waals surface area contributed by atoms with Crippen LogP contribution in [0.5, 0.6) is 0 Å². The van der Waals surface area contributed by atoms with Gasteiger partial charge in [-0.1, -0.05) is 0 Å². The van der Waals surface area contributed by atoms with E-state index in [4.69, 9.17) is 9.13 Å². The standard InChI is InChI=1S/6FH.H3N.O2P/c;;;;;;;1-3-2/h6*1H;1H3;/q;;;;;;;+1/p-5. The zero-order valence-corrected chi connectivity index (χ0v) is 5.43. The number of rotatable bonds is 0. The van der Waals surface area contributed by atoms with Gasteiger partial charge in [0.1, 0.15) is 0 Å². The van der Waals surface area contributed by atoms with Gasteiger partial charge in [-0.2, -0.15) is 0 Å². The Balaban J connectivity index is -0.000000000952. The van der Waals surface area contributed by atoms with E-state index < -0.39 is 8.34 Å². The van der Waals surface area contributed by atoms with Gasteiger partial charge in [0.2, 0.25) is 0 Å². The first-order valence-electron chi connectivity index (χ1n) is 0.365. The van der Waals surface area contributed by atoms with Crippen LogP contribution in [0.4, 0.5) is 0 Å². The van der Waals surface area contributed by atoms with E-state index in [2.05, 4.69) is 0 Å². The van der Waals surface area contributed by atoms with Gasteiger partial charge in [-0.05, 0) is 0 Å². The molecule has 0 saturated heterocycles. The molecule has 72 valence electrons. The summed E-state index contributed by atoms with van der Waals surface area (Å²) in [7, 11) is -1.08. The zero-order valence-electron chi connectivity index (χ0n) is 4.53. The Morgan fingerprint density at radius 2 is 0.600 bits per heavy atom. The topological polar surface area (TPSA) is 70.6 Å². The quantitative estimate of drug-likeness (QED) is 0.308. The van der Waals surface area contributed by atoms with Crippen molar-refractivity contribution in [2.75, 3.05) is 0 Å². The van der Waals surface area contributed by atoms with Gasteiger partial charge in [0.15, 0.2) is 0 Å². The Morgan fingerprint density at radius 3 is 0.600 bits per heavy atom. The summed E-state index contributed by atoms with van der Waals surface area (Å²) in [5, 5.41) is 0. The molecule has 4 N–H and O–H groups in total. The van der Waals surface area contributed by atoms with Gasteiger partial charge < -0.3 is 34.4 Å². The maximum Gasteiger partial charge on any atom is -0.369 e. The second-order valence-corrected chi connectivity index (χ2v) is 0.224. The van der Waals surface area contributed by atoms with Crippen LogP contribution in [0.2, 0.25) is 0 Å². The zero-order chi connectivity index (χ0) is 2.71. The smallest absolute Gasteiger partial charge is 0.369 e. The Labute approximate surface area is 53.2 Å². The van der Waals surface area contributed by atoms with Crippen LogP contribution in [0.15, 0.2) is 0 Å². The van der Waals surface area contributed by atoms with Crippen LogP contribution in [0.25, 0.3) is 0 Å². The monoisotopic (exact) mass is 195 g/mol. The Morgan fingerprint density at radius 1 is 0.600 bits per heavy atom. The van der Waals surface area contributed by atoms with Crippen molar-refractivity contribution in [3.63, 3.8) is 0 Å². The molecule has 0 amide bonds. The molecule has 0 aliphatic heterocycles. The summed E-state index contributed by atoms with van der Waals surface area (Å²) in [6, 6.07) is 0. The molecule has 10 heteroatoms. The molecule has 0 aliphatic rings. The molecule has 0 aromatic carbocycles. The summed E-state index contributed by atoms with van der Waals surface area (Å²) >= 11 is 0. The van der Waals surface area contributed by atoms with Crippen molar-refractivity contribution in [3.8, 4) is 0 Å². The maximum absolute atomic E-state index is 8.35. The SMILES string of the molecule is O=[P+]=O.[F-].[F-].[F-].[F-].[F-].[F-].[NH4+]. The van der Waals surface area contributed by atoms with E-state index in [1.165, 1.54) is 0 Å². The molecule has 0 rings (SSSR count). The molecule has 0 atom stereocenters. The van der Waals surface area contributed by atoms with E-state index in [1.807, 2.05) is 0 Å². The van der Waals surface area contributed by atoms with Gasteiger partial charge in [-0.3, -0.25) is 0 Å². The van der Waals surface area contributed by atoms with E-state index in [1.54, 1.807) is 0 Å². The average molecular weight is 195 g/mol. The first-order valence-corrected chi connectivity index (χ1v) is 1.10. The number of halogens is 6. The number of hydrogen-bond donors (Lipinski definition) is 1. The van der Waals surface area contributed by atoms with Crippen molar-refractivity contribution < 1.29 is 37.4 Å². The summed E-state index contributed by atoms with van der Waals surface area (Å²) in [6.07, 6.45) is 0. The molecule has 0 bridgehead atoms. The molecular formula is H4F6NO2P-4. The summed E-state index contributed by atoms with van der Waals surface area (Å²) in [5.41, 5.74) is 0. The predicted octanol–water partition coefficient (Wildman–Crippen LogP) is -17.0. The summed E-state index contributed by atoms with van der Waals surface area (Å²) < 4.78 is 16.7. The minimum atomic E-state index is -1.08. The van der Waals surface area contributed by atoms with E-state index >= 15 is 0 Å². The summed E-state index contributed by atoms with van der Waals surface area (Å²) in [6.45, 7) is 0. The molecule has 0 spiro atoms. The van der Waals surface area contributed by atoms with Crippen LogP contribution < -0.4 is 34.4 Å². The molecule has 0 aromatic rings. The van der Waals surface area contributed by atoms with Crippen LogP contribution in [-0.4, -0.2) is 0 Å². The molecule has 10 heavy (non-hydrogen) atoms. The minimum Gasteiger partial charge on any atom is -1.00 e. The van der Waals surface area contributed by atoms with Crippen molar-refractivity contribution in [3.05, 3.63) is 0 Å². The first-order chi connectivity index (χ1) is 1.41. The van der Waals surface area contributed by atoms with E-state index in [-0.39, 0.29) is 34.4 Å². The molecule has 0 heterocycles. The van der Waals surface area contributed by atoms with Gasteiger partial charge in [0.05, 0.1) is 0 Å². The van der Waals surface area contributed by atoms with Crippen LogP contribution in [0, 0.1) is 0 Å². The fourth-order valence-corrected chi connectivity index (χ4v) is 0. The van der Waals surface area contributed by atoms with Gasteiger partial charge in [0, 0.05) is 0 Å². The second-order valence-electron chi connectivity index (χ2n) is 0.0745. The summed E-state index contributed by atoms with van der Waals surface area (Å²) in [5.74, 6) is 0. The van der Waals surface area contributed by atoms with Gasteiger partial charge in [0.25, 0.3) is 0 Å². The number of quaternary nitrogens is 1. The van der Waals surface area contributed by atoms with E-state index in [0.717, 1.165) is 0 Å². The minimum absolute atomic E-state index is 0. The fourth-order valence-electron chi connectivity index (χ4n) is 0. The normalized spacial score (nSPS) is 0.800. The van der Waals surface area contributed by atoms with Crippen molar-refractivity contribution in [2.24, 2.45) is 0 Å². The van der Waals surface area contributed by atoms with Gasteiger partial charge in [-0.25, -0.2) is 0 Å². The van der Waals surface area contributed by atoms with Crippen LogP contribution in [0.3, 0.4) is 0 Å². The van der Waals surface area contributed by atoms with Crippen molar-refractivity contribution >= 4 is 8.34 Å². The van der Waals surface area contributed by atoms with Gasteiger partial charge in [-0.15, -0.1) is 0 Å². The molecular weight excluding hydrogens is 191 g/mol. The number of hydrogen-bond acceptors (Lipinski definition) is 2. The van der Waals surface area contributed by atoms with Crippen LogP contribution in [0.1, 0.15) is 0 Å². The third kappa shape index (κ3) is 1770. The summed E-state index contributed by atoms with van der Waals surface area (Å²) in [4.78, 5) is 0. The Bertz CT molecular complexity index is 36.7. The Hall–Kier alpha value is -0.430. The van der Waals surface area contributed by atoms with E-state index in [0.29, 0.717) is 0 Å². The molecule has 0 radical (unpaired) electrons. The van der Waals surface area contributed by atoms with E-state index in [9.17, 15) is 0 Å². The second kappa shape index (κ2) is 1510. The molecule has 0 unspecified atom stereocenters. The van der Waals surface area contributed by atoms with Crippen LogP contribution in [-0.2, 0) is 9.13 Å². The average Bonchev–Trinajstić information content (AvgIpc) is 0.918. The Kier molecular flexibility index (Phi) is 43100. The third-order valence-electron chi connectivity index (χ3n) is 0. The fraction of sp³-hybridized carbons (Fsp3) is 0. The molecule has 0 aromatic heterocycles. The predicted molar refractivity (Wildman–Crippen MR) is 14.3 cm³/mol. The van der Waals surface area contributed by atoms with Crippen molar-refractivity contribution in [1.82, 2.24) is 6.15 Å². The maximum atomic E-state index is 8.35. The van der Waals surface area contributed by atoms with Crippen LogP contribution >= 0.6 is 8.34 Å². The first kappa shape index (κ1) is 285. The molecule has 3 nitrogen and oxygen atoms in total. The molecule has 0 aliphatic carbocycles. The largest absolute Gasteiger partial charge is 1.00 e. The third-order valence-corrected chi connectivity index (χ3v) is 0. The molecule has 0 saturated carbocycles.